The summed E-state index contributed by atoms with van der Waals surface area (Å²) in [4.78, 5) is 12.6. The molecule has 7 nitrogen and oxygen atoms in total. The Labute approximate surface area is 192 Å². The molecule has 0 unspecified atom stereocenters. The Morgan fingerprint density at radius 2 is 1.75 bits per heavy atom. The van der Waals surface area contributed by atoms with Crippen molar-refractivity contribution < 1.29 is 22.7 Å². The summed E-state index contributed by atoms with van der Waals surface area (Å²) in [5.41, 5.74) is 2.14. The number of ether oxygens (including phenoxy) is 2. The molecule has 1 amide bonds. The van der Waals surface area contributed by atoms with E-state index in [1.807, 2.05) is 18.2 Å². The summed E-state index contributed by atoms with van der Waals surface area (Å²) in [7, 11) is -2.22. The van der Waals surface area contributed by atoms with Gasteiger partial charge < -0.3 is 14.8 Å². The number of carbonyl (C=O) groups excluding carboxylic acids is 1. The molecule has 0 atom stereocenters. The molecule has 9 heteroatoms. The van der Waals surface area contributed by atoms with Gasteiger partial charge in [-0.2, -0.15) is 0 Å². The topological polar surface area (TPSA) is 108 Å². The van der Waals surface area contributed by atoms with Crippen LogP contribution in [-0.4, -0.2) is 28.0 Å². The number of hydrogen-bond donors (Lipinski definition) is 2. The summed E-state index contributed by atoms with van der Waals surface area (Å²) in [5, 5.41) is 8.54. The van der Waals surface area contributed by atoms with Crippen LogP contribution in [0.5, 0.6) is 11.5 Å². The van der Waals surface area contributed by atoms with E-state index in [4.69, 9.17) is 26.2 Å². The molecular formula is C23H23ClN2O5S. The number of sulfonamides is 1. The number of hydrogen-bond acceptors (Lipinski definition) is 5. The Hall–Kier alpha value is -3.07. The molecule has 0 aromatic heterocycles. The lowest BCUT2D eigenvalue weighted by atomic mass is 10.1. The maximum absolute atomic E-state index is 12.5. The Bertz CT molecular complexity index is 1200. The number of methoxy groups -OCH3 is 1. The summed E-state index contributed by atoms with van der Waals surface area (Å²) in [6, 6.07) is 18.6. The van der Waals surface area contributed by atoms with Crippen molar-refractivity contribution in [2.75, 3.05) is 13.7 Å². The fourth-order valence-corrected chi connectivity index (χ4v) is 3.67. The predicted molar refractivity (Wildman–Crippen MR) is 123 cm³/mol. The maximum atomic E-state index is 12.5. The van der Waals surface area contributed by atoms with Crippen LogP contribution in [0.25, 0.3) is 0 Å². The lowest BCUT2D eigenvalue weighted by Crippen LogP contribution is -2.25. The zero-order valence-electron chi connectivity index (χ0n) is 17.4. The fourth-order valence-electron chi connectivity index (χ4n) is 2.97. The maximum Gasteiger partial charge on any atom is 0.251 e. The van der Waals surface area contributed by atoms with Gasteiger partial charge in [0.2, 0.25) is 10.0 Å². The van der Waals surface area contributed by atoms with Crippen molar-refractivity contribution in [1.82, 2.24) is 5.32 Å². The second kappa shape index (κ2) is 10.5. The van der Waals surface area contributed by atoms with Crippen molar-refractivity contribution in [3.05, 3.63) is 88.4 Å². The molecule has 0 aliphatic heterocycles. The van der Waals surface area contributed by atoms with Crippen molar-refractivity contribution in [3.63, 3.8) is 0 Å². The first-order valence-electron chi connectivity index (χ1n) is 9.72. The van der Waals surface area contributed by atoms with Gasteiger partial charge in [-0.05, 0) is 48.4 Å². The van der Waals surface area contributed by atoms with Crippen molar-refractivity contribution in [2.45, 2.75) is 17.9 Å². The van der Waals surface area contributed by atoms with E-state index in [2.05, 4.69) is 5.32 Å². The van der Waals surface area contributed by atoms with Crippen LogP contribution in [-0.2, 0) is 23.1 Å². The SMILES string of the molecule is COc1cc(C(=O)NCCc2ccc(S(N)(=O)=O)cc2)ccc1OCc1ccccc1Cl. The number of carbonyl (C=O) groups is 1. The summed E-state index contributed by atoms with van der Waals surface area (Å²) in [6.45, 7) is 0.645. The summed E-state index contributed by atoms with van der Waals surface area (Å²) >= 11 is 6.15. The minimum atomic E-state index is -3.72. The first kappa shape index (κ1) is 23.6. The molecule has 0 bridgehead atoms. The van der Waals surface area contributed by atoms with E-state index in [1.54, 1.807) is 36.4 Å². The molecule has 168 valence electrons. The number of primary sulfonamides is 1. The minimum Gasteiger partial charge on any atom is -0.493 e. The first-order chi connectivity index (χ1) is 15.3. The Balaban J connectivity index is 1.57. The van der Waals surface area contributed by atoms with Crippen LogP contribution in [0, 0.1) is 0 Å². The van der Waals surface area contributed by atoms with Gasteiger partial charge in [-0.15, -0.1) is 0 Å². The van der Waals surface area contributed by atoms with E-state index >= 15 is 0 Å². The largest absolute Gasteiger partial charge is 0.493 e. The monoisotopic (exact) mass is 474 g/mol. The van der Waals surface area contributed by atoms with Gasteiger partial charge in [0, 0.05) is 22.7 Å². The third-order valence-corrected chi connectivity index (χ3v) is 6.02. The van der Waals surface area contributed by atoms with Gasteiger partial charge in [0.1, 0.15) is 6.61 Å². The number of halogens is 1. The number of amides is 1. The van der Waals surface area contributed by atoms with E-state index in [-0.39, 0.29) is 17.4 Å². The molecule has 3 aromatic rings. The third kappa shape index (κ3) is 6.23. The van der Waals surface area contributed by atoms with Crippen LogP contribution < -0.4 is 19.9 Å². The molecule has 3 aromatic carbocycles. The smallest absolute Gasteiger partial charge is 0.251 e. The lowest BCUT2D eigenvalue weighted by Gasteiger charge is -2.13. The first-order valence-corrected chi connectivity index (χ1v) is 11.6. The molecular weight excluding hydrogens is 452 g/mol. The van der Waals surface area contributed by atoms with Gasteiger partial charge in [-0.25, -0.2) is 13.6 Å². The molecule has 3 rings (SSSR count). The average molecular weight is 475 g/mol. The molecule has 32 heavy (non-hydrogen) atoms. The highest BCUT2D eigenvalue weighted by atomic mass is 35.5. The van der Waals surface area contributed by atoms with Gasteiger partial charge in [0.05, 0.1) is 12.0 Å². The van der Waals surface area contributed by atoms with E-state index in [9.17, 15) is 13.2 Å². The number of benzene rings is 3. The van der Waals surface area contributed by atoms with Crippen LogP contribution in [0.2, 0.25) is 5.02 Å². The van der Waals surface area contributed by atoms with E-state index < -0.39 is 10.0 Å². The molecule has 0 saturated heterocycles. The van der Waals surface area contributed by atoms with Crippen LogP contribution in [0.4, 0.5) is 0 Å². The Morgan fingerprint density at radius 3 is 2.41 bits per heavy atom. The number of nitrogens with one attached hydrogen (secondary N) is 1. The summed E-state index contributed by atoms with van der Waals surface area (Å²) in [5.74, 6) is 0.671. The van der Waals surface area contributed by atoms with Gasteiger partial charge in [0.15, 0.2) is 11.5 Å². The van der Waals surface area contributed by atoms with Crippen LogP contribution >= 0.6 is 11.6 Å². The zero-order chi connectivity index (χ0) is 23.1. The van der Waals surface area contributed by atoms with Crippen molar-refractivity contribution in [3.8, 4) is 11.5 Å². The fraction of sp³-hybridized carbons (Fsp3) is 0.174. The van der Waals surface area contributed by atoms with Gasteiger partial charge >= 0.3 is 0 Å². The van der Waals surface area contributed by atoms with Gasteiger partial charge in [0.25, 0.3) is 5.91 Å². The molecule has 0 aliphatic carbocycles. The molecule has 0 radical (unpaired) electrons. The highest BCUT2D eigenvalue weighted by molar-refractivity contribution is 7.89. The van der Waals surface area contributed by atoms with Crippen molar-refractivity contribution in [1.29, 1.82) is 0 Å². The zero-order valence-corrected chi connectivity index (χ0v) is 18.9. The lowest BCUT2D eigenvalue weighted by molar-refractivity contribution is 0.0953. The van der Waals surface area contributed by atoms with E-state index in [0.717, 1.165) is 11.1 Å². The number of nitrogens with two attached hydrogens (primary N) is 1. The average Bonchev–Trinajstić information content (AvgIpc) is 2.78. The van der Waals surface area contributed by atoms with Crippen LogP contribution in [0.1, 0.15) is 21.5 Å². The summed E-state index contributed by atoms with van der Waals surface area (Å²) in [6.07, 6.45) is 0.535. The van der Waals surface area contributed by atoms with Crippen LogP contribution in [0.3, 0.4) is 0 Å². The van der Waals surface area contributed by atoms with Gasteiger partial charge in [-0.3, -0.25) is 4.79 Å². The van der Waals surface area contributed by atoms with E-state index in [0.29, 0.717) is 35.1 Å². The molecule has 0 heterocycles. The van der Waals surface area contributed by atoms with Crippen LogP contribution in [0.15, 0.2) is 71.6 Å². The Morgan fingerprint density at radius 1 is 1.03 bits per heavy atom. The second-order valence-corrected chi connectivity index (χ2v) is 8.91. The molecule has 0 saturated carbocycles. The van der Waals surface area contributed by atoms with Crippen molar-refractivity contribution >= 4 is 27.5 Å². The second-order valence-electron chi connectivity index (χ2n) is 6.94. The number of rotatable bonds is 9. The summed E-state index contributed by atoms with van der Waals surface area (Å²) < 4.78 is 33.8. The molecule has 0 fully saturated rings. The highest BCUT2D eigenvalue weighted by Gasteiger charge is 2.12. The molecule has 0 aliphatic rings. The minimum absolute atomic E-state index is 0.0502. The third-order valence-electron chi connectivity index (χ3n) is 4.72. The normalized spacial score (nSPS) is 11.1. The predicted octanol–water partition coefficient (Wildman–Crippen LogP) is 3.55. The molecule has 0 spiro atoms. The molecule has 3 N–H and O–H groups in total. The van der Waals surface area contributed by atoms with Crippen molar-refractivity contribution in [2.24, 2.45) is 5.14 Å². The van der Waals surface area contributed by atoms with E-state index in [1.165, 1.54) is 19.2 Å². The quantitative estimate of drug-likeness (QED) is 0.493. The van der Waals surface area contributed by atoms with Gasteiger partial charge in [-0.1, -0.05) is 41.9 Å². The standard InChI is InChI=1S/C23H23ClN2O5S/c1-30-22-14-17(8-11-21(22)31-15-18-4-2-3-5-20(18)24)23(27)26-13-12-16-6-9-19(10-7-16)32(25,28)29/h2-11,14H,12-13,15H2,1H3,(H,26,27)(H2,25,28,29). The highest BCUT2D eigenvalue weighted by Crippen LogP contribution is 2.29. The Kier molecular flexibility index (Phi) is 7.74.